The fourth-order valence-corrected chi connectivity index (χ4v) is 4.61. The molecule has 1 aromatic carbocycles. The van der Waals surface area contributed by atoms with Gasteiger partial charge < -0.3 is 10.1 Å². The number of para-hydroxylation sites is 1. The van der Waals surface area contributed by atoms with Gasteiger partial charge in [0, 0.05) is 17.7 Å². The van der Waals surface area contributed by atoms with Crippen molar-refractivity contribution < 1.29 is 9.53 Å². The molecular weight excluding hydrogens is 266 g/mol. The van der Waals surface area contributed by atoms with Crippen molar-refractivity contribution in [2.24, 2.45) is 0 Å². The van der Waals surface area contributed by atoms with Gasteiger partial charge in [-0.2, -0.15) is 0 Å². The molecule has 3 rings (SSSR count). The van der Waals surface area contributed by atoms with Gasteiger partial charge in [-0.15, -0.1) is 0 Å². The third-order valence-electron chi connectivity index (χ3n) is 4.20. The summed E-state index contributed by atoms with van der Waals surface area (Å²) < 4.78 is 6.13. The molecule has 2 aliphatic heterocycles. The summed E-state index contributed by atoms with van der Waals surface area (Å²) >= 11 is 0. The van der Waals surface area contributed by atoms with Crippen molar-refractivity contribution in [1.82, 2.24) is 0 Å². The molecule has 20 heavy (non-hydrogen) atoms. The van der Waals surface area contributed by atoms with E-state index in [0.717, 1.165) is 11.3 Å². The van der Waals surface area contributed by atoms with Crippen LogP contribution < -0.4 is 5.32 Å². The molecule has 0 unspecified atom stereocenters. The summed E-state index contributed by atoms with van der Waals surface area (Å²) in [5.74, 6) is -0.0191. The van der Waals surface area contributed by atoms with Gasteiger partial charge in [-0.05, 0) is 13.0 Å². The zero-order valence-electron chi connectivity index (χ0n) is 12.5. The number of amides is 1. The predicted octanol–water partition coefficient (Wildman–Crippen LogP) is 3.45. The summed E-state index contributed by atoms with van der Waals surface area (Å²) in [6.07, 6.45) is 2.88. The summed E-state index contributed by atoms with van der Waals surface area (Å²) in [4.78, 5) is 12.6. The lowest BCUT2D eigenvalue weighted by Gasteiger charge is -2.38. The molecule has 0 fully saturated rings. The lowest BCUT2D eigenvalue weighted by Crippen LogP contribution is -2.45. The number of benzene rings is 1. The van der Waals surface area contributed by atoms with Crippen LogP contribution in [0.4, 0.5) is 5.69 Å². The molecule has 106 valence electrons. The molecule has 3 nitrogen and oxygen atoms in total. The second-order valence-electron chi connectivity index (χ2n) is 6.77. The molecule has 1 amide bonds. The van der Waals surface area contributed by atoms with Crippen LogP contribution in [0.1, 0.15) is 18.9 Å². The molecule has 0 saturated carbocycles. The Labute approximate surface area is 121 Å². The maximum atomic E-state index is 12.6. The second-order valence-corrected chi connectivity index (χ2v) is 11.9. The van der Waals surface area contributed by atoms with Gasteiger partial charge in [0.25, 0.3) is 5.91 Å². The Bertz CT molecular complexity index is 603. The number of carbonyl (C=O) groups excluding carboxylic acids is 1. The third kappa shape index (κ3) is 1.94. The Morgan fingerprint density at radius 1 is 1.30 bits per heavy atom. The third-order valence-corrected chi connectivity index (χ3v) is 6.47. The van der Waals surface area contributed by atoms with Gasteiger partial charge in [-0.25, -0.2) is 0 Å². The topological polar surface area (TPSA) is 38.3 Å². The maximum absolute atomic E-state index is 12.6. The quantitative estimate of drug-likeness (QED) is 0.803. The van der Waals surface area contributed by atoms with E-state index in [0.29, 0.717) is 6.42 Å². The minimum absolute atomic E-state index is 0.0191. The van der Waals surface area contributed by atoms with Gasteiger partial charge in [0.15, 0.2) is 5.60 Å². The van der Waals surface area contributed by atoms with E-state index >= 15 is 0 Å². The SMILES string of the molecule is C[C@@H]1C=C([Si](C)(C)C)C[C@]2(O1)C(=O)Nc1ccccc12. The fraction of sp³-hybridized carbons (Fsp3) is 0.438. The molecule has 2 atom stereocenters. The first kappa shape index (κ1) is 13.6. The summed E-state index contributed by atoms with van der Waals surface area (Å²) in [7, 11) is -1.44. The highest BCUT2D eigenvalue weighted by molar-refractivity contribution is 6.83. The molecule has 0 bridgehead atoms. The van der Waals surface area contributed by atoms with Crippen molar-refractivity contribution in [2.75, 3.05) is 5.32 Å². The number of hydrogen-bond acceptors (Lipinski definition) is 2. The van der Waals surface area contributed by atoms with Crippen molar-refractivity contribution in [3.05, 3.63) is 41.1 Å². The van der Waals surface area contributed by atoms with E-state index in [9.17, 15) is 4.79 Å². The van der Waals surface area contributed by atoms with E-state index in [1.807, 2.05) is 31.2 Å². The molecule has 0 saturated heterocycles. The Kier molecular flexibility index (Phi) is 2.92. The van der Waals surface area contributed by atoms with E-state index in [-0.39, 0.29) is 12.0 Å². The highest BCUT2D eigenvalue weighted by atomic mass is 28.3. The lowest BCUT2D eigenvalue weighted by atomic mass is 9.89. The van der Waals surface area contributed by atoms with E-state index in [1.165, 1.54) is 5.20 Å². The number of anilines is 1. The van der Waals surface area contributed by atoms with Crippen LogP contribution in [-0.2, 0) is 15.1 Å². The maximum Gasteiger partial charge on any atom is 0.261 e. The monoisotopic (exact) mass is 287 g/mol. The normalized spacial score (nSPS) is 29.1. The van der Waals surface area contributed by atoms with Gasteiger partial charge in [0.2, 0.25) is 0 Å². The van der Waals surface area contributed by atoms with Crippen LogP contribution in [-0.4, -0.2) is 20.1 Å². The average Bonchev–Trinajstić information content (AvgIpc) is 2.61. The Hall–Kier alpha value is -1.39. The zero-order valence-corrected chi connectivity index (χ0v) is 13.5. The number of carbonyl (C=O) groups is 1. The van der Waals surface area contributed by atoms with Gasteiger partial charge in [-0.1, -0.05) is 49.1 Å². The van der Waals surface area contributed by atoms with E-state index in [1.54, 1.807) is 0 Å². The summed E-state index contributed by atoms with van der Waals surface area (Å²) in [5, 5.41) is 4.39. The first-order valence-corrected chi connectivity index (χ1v) is 10.6. The number of rotatable bonds is 1. The van der Waals surface area contributed by atoms with Gasteiger partial charge in [0.1, 0.15) is 0 Å². The van der Waals surface area contributed by atoms with Crippen LogP contribution >= 0.6 is 0 Å². The summed E-state index contributed by atoms with van der Waals surface area (Å²) in [5.41, 5.74) is 1.06. The zero-order chi connectivity index (χ0) is 14.5. The fourth-order valence-electron chi connectivity index (χ4n) is 3.10. The number of hydrogen-bond donors (Lipinski definition) is 1. The Morgan fingerprint density at radius 2 is 2.00 bits per heavy atom. The lowest BCUT2D eigenvalue weighted by molar-refractivity contribution is -0.147. The Morgan fingerprint density at radius 3 is 2.70 bits per heavy atom. The van der Waals surface area contributed by atoms with Crippen molar-refractivity contribution in [2.45, 2.75) is 44.7 Å². The van der Waals surface area contributed by atoms with Gasteiger partial charge in [-0.3, -0.25) is 4.79 Å². The summed E-state index contributed by atoms with van der Waals surface area (Å²) in [6, 6.07) is 7.87. The molecule has 2 aliphatic rings. The smallest absolute Gasteiger partial charge is 0.261 e. The molecule has 0 radical (unpaired) electrons. The number of fused-ring (bicyclic) bond motifs is 2. The molecule has 1 N–H and O–H groups in total. The van der Waals surface area contributed by atoms with Gasteiger partial charge in [0.05, 0.1) is 14.2 Å². The van der Waals surface area contributed by atoms with Gasteiger partial charge >= 0.3 is 0 Å². The minimum atomic E-state index is -1.44. The molecule has 1 aromatic rings. The van der Waals surface area contributed by atoms with Crippen LogP contribution in [0.5, 0.6) is 0 Å². The van der Waals surface area contributed by atoms with E-state index in [2.05, 4.69) is 31.0 Å². The molecule has 0 aliphatic carbocycles. The molecular formula is C16H21NO2Si. The summed E-state index contributed by atoms with van der Waals surface area (Å²) in [6.45, 7) is 8.99. The first-order chi connectivity index (χ1) is 9.33. The number of ether oxygens (including phenoxy) is 1. The molecule has 0 aromatic heterocycles. The largest absolute Gasteiger partial charge is 0.353 e. The first-order valence-electron chi connectivity index (χ1n) is 7.13. The predicted molar refractivity (Wildman–Crippen MR) is 83.3 cm³/mol. The second kappa shape index (κ2) is 4.30. The van der Waals surface area contributed by atoms with Crippen LogP contribution in [0.15, 0.2) is 35.5 Å². The van der Waals surface area contributed by atoms with Crippen LogP contribution in [0.25, 0.3) is 0 Å². The van der Waals surface area contributed by atoms with Crippen LogP contribution in [0, 0.1) is 0 Å². The van der Waals surface area contributed by atoms with Crippen molar-refractivity contribution in [3.8, 4) is 0 Å². The molecule has 1 spiro atoms. The molecule has 4 heteroatoms. The highest BCUT2D eigenvalue weighted by Crippen LogP contribution is 2.47. The standard InChI is InChI=1S/C16H21NO2Si/c1-11-9-12(20(2,3)4)10-16(19-11)13-7-5-6-8-14(13)17-15(16)18/h5-9,11H,10H2,1-4H3,(H,17,18)/t11-,16-/m1/s1. The van der Waals surface area contributed by atoms with Crippen molar-refractivity contribution in [1.29, 1.82) is 0 Å². The van der Waals surface area contributed by atoms with E-state index in [4.69, 9.17) is 4.74 Å². The van der Waals surface area contributed by atoms with Crippen molar-refractivity contribution >= 4 is 19.7 Å². The Balaban J connectivity index is 2.10. The van der Waals surface area contributed by atoms with Crippen LogP contribution in [0.3, 0.4) is 0 Å². The number of nitrogens with one attached hydrogen (secondary N) is 1. The van der Waals surface area contributed by atoms with Crippen LogP contribution in [0.2, 0.25) is 19.6 Å². The minimum Gasteiger partial charge on any atom is -0.353 e. The highest BCUT2D eigenvalue weighted by Gasteiger charge is 2.51. The van der Waals surface area contributed by atoms with E-state index < -0.39 is 13.7 Å². The average molecular weight is 287 g/mol. The molecule has 2 heterocycles. The van der Waals surface area contributed by atoms with Crippen molar-refractivity contribution in [3.63, 3.8) is 0 Å².